The molecule has 2 amide bonds. The van der Waals surface area contributed by atoms with Crippen LogP contribution < -0.4 is 0 Å². The number of carbonyl (C=O) groups is 3. The summed E-state index contributed by atoms with van der Waals surface area (Å²) in [6, 6.07) is 12.9. The summed E-state index contributed by atoms with van der Waals surface area (Å²) in [7, 11) is 3.42. The fourth-order valence-corrected chi connectivity index (χ4v) is 2.84. The Labute approximate surface area is 150 Å². The number of benzene rings is 2. The molecule has 2 aromatic carbocycles. The van der Waals surface area contributed by atoms with Gasteiger partial charge in [-0.1, -0.05) is 35.9 Å². The molecule has 5 nitrogen and oxygen atoms in total. The third-order valence-electron chi connectivity index (χ3n) is 3.73. The molecule has 0 bridgehead atoms. The minimum Gasteiger partial charge on any atom is -0.382 e. The molecule has 0 fully saturated rings. The van der Waals surface area contributed by atoms with Crippen LogP contribution in [0.3, 0.4) is 0 Å². The van der Waals surface area contributed by atoms with Gasteiger partial charge in [0.1, 0.15) is 5.70 Å². The van der Waals surface area contributed by atoms with Crippen LogP contribution in [0.5, 0.6) is 0 Å². The lowest BCUT2D eigenvalue weighted by Crippen LogP contribution is -2.34. The zero-order chi connectivity index (χ0) is 18.1. The average molecular weight is 355 g/mol. The molecule has 0 aliphatic carbocycles. The van der Waals surface area contributed by atoms with E-state index in [-0.39, 0.29) is 16.8 Å². The van der Waals surface area contributed by atoms with Crippen LogP contribution in [-0.4, -0.2) is 41.5 Å². The van der Waals surface area contributed by atoms with E-state index in [9.17, 15) is 14.4 Å². The minimum absolute atomic E-state index is 0.0153. The molecule has 1 heterocycles. The van der Waals surface area contributed by atoms with Crippen molar-refractivity contribution < 1.29 is 14.4 Å². The van der Waals surface area contributed by atoms with Crippen LogP contribution in [0.4, 0.5) is 0 Å². The highest BCUT2D eigenvalue weighted by atomic mass is 35.5. The van der Waals surface area contributed by atoms with Crippen molar-refractivity contribution in [2.45, 2.75) is 0 Å². The van der Waals surface area contributed by atoms with Crippen molar-refractivity contribution in [2.75, 3.05) is 14.1 Å². The first-order valence-corrected chi connectivity index (χ1v) is 7.94. The summed E-state index contributed by atoms with van der Waals surface area (Å²) in [4.78, 5) is 40.9. The summed E-state index contributed by atoms with van der Waals surface area (Å²) in [5.74, 6) is -1.47. The molecular weight excluding hydrogens is 340 g/mol. The van der Waals surface area contributed by atoms with Crippen LogP contribution in [0.15, 0.2) is 60.4 Å². The van der Waals surface area contributed by atoms with Gasteiger partial charge >= 0.3 is 0 Å². The molecule has 1 aliphatic heterocycles. The first-order chi connectivity index (χ1) is 11.9. The number of hydrogen-bond acceptors (Lipinski definition) is 4. The SMILES string of the molecule is CN(C)/C=C(\C(=O)c1cccc(Cl)c1)N1C(=O)c2ccccc2C1=O. The van der Waals surface area contributed by atoms with Crippen LogP contribution in [0.2, 0.25) is 5.02 Å². The van der Waals surface area contributed by atoms with Gasteiger partial charge in [-0.2, -0.15) is 0 Å². The quantitative estimate of drug-likeness (QED) is 0.480. The van der Waals surface area contributed by atoms with Gasteiger partial charge in [0.15, 0.2) is 0 Å². The Morgan fingerprint density at radius 1 is 1.00 bits per heavy atom. The Bertz CT molecular complexity index is 883. The van der Waals surface area contributed by atoms with Gasteiger partial charge in [0, 0.05) is 30.9 Å². The first-order valence-electron chi connectivity index (χ1n) is 7.56. The van der Waals surface area contributed by atoms with Crippen molar-refractivity contribution in [1.82, 2.24) is 9.80 Å². The van der Waals surface area contributed by atoms with Crippen molar-refractivity contribution in [1.29, 1.82) is 0 Å². The zero-order valence-corrected chi connectivity index (χ0v) is 14.4. The zero-order valence-electron chi connectivity index (χ0n) is 13.7. The fourth-order valence-electron chi connectivity index (χ4n) is 2.65. The summed E-state index contributed by atoms with van der Waals surface area (Å²) in [5.41, 5.74) is 0.864. The molecule has 126 valence electrons. The van der Waals surface area contributed by atoms with Crippen LogP contribution in [0, 0.1) is 0 Å². The summed E-state index contributed by atoms with van der Waals surface area (Å²) >= 11 is 5.96. The van der Waals surface area contributed by atoms with E-state index in [4.69, 9.17) is 11.6 Å². The van der Waals surface area contributed by atoms with E-state index in [0.29, 0.717) is 10.6 Å². The van der Waals surface area contributed by atoms with Crippen LogP contribution >= 0.6 is 11.6 Å². The molecule has 0 saturated carbocycles. The number of nitrogens with zero attached hydrogens (tertiary/aromatic N) is 2. The summed E-state index contributed by atoms with van der Waals surface area (Å²) in [5, 5.41) is 0.400. The second kappa shape index (κ2) is 6.53. The lowest BCUT2D eigenvalue weighted by molar-refractivity contribution is 0.0675. The topological polar surface area (TPSA) is 57.7 Å². The van der Waals surface area contributed by atoms with Gasteiger partial charge in [-0.05, 0) is 24.3 Å². The monoisotopic (exact) mass is 354 g/mol. The molecule has 0 spiro atoms. The number of Topliss-reactive ketones (excluding diaryl/α,β-unsaturated/α-hetero) is 1. The Morgan fingerprint density at radius 3 is 2.12 bits per heavy atom. The molecule has 0 unspecified atom stereocenters. The molecule has 0 aromatic heterocycles. The Morgan fingerprint density at radius 2 is 1.60 bits per heavy atom. The van der Waals surface area contributed by atoms with Crippen molar-refractivity contribution in [3.8, 4) is 0 Å². The number of ketones is 1. The fraction of sp³-hybridized carbons (Fsp3) is 0.105. The Balaban J connectivity index is 2.08. The molecular formula is C19H15ClN2O3. The number of amides is 2. The first kappa shape index (κ1) is 16.9. The predicted molar refractivity (Wildman–Crippen MR) is 94.5 cm³/mol. The second-order valence-electron chi connectivity index (χ2n) is 5.81. The second-order valence-corrected chi connectivity index (χ2v) is 6.25. The molecule has 25 heavy (non-hydrogen) atoms. The minimum atomic E-state index is -0.510. The summed E-state index contributed by atoms with van der Waals surface area (Å²) < 4.78 is 0. The number of halogens is 1. The molecule has 2 aromatic rings. The molecule has 0 saturated heterocycles. The molecule has 0 radical (unpaired) electrons. The summed E-state index contributed by atoms with van der Waals surface area (Å²) in [6.45, 7) is 0. The highest BCUT2D eigenvalue weighted by Gasteiger charge is 2.40. The van der Waals surface area contributed by atoms with Crippen LogP contribution in [0.25, 0.3) is 0 Å². The number of imide groups is 1. The van der Waals surface area contributed by atoms with E-state index < -0.39 is 17.6 Å². The van der Waals surface area contributed by atoms with Gasteiger partial charge < -0.3 is 4.90 Å². The Hall–Kier alpha value is -2.92. The maximum Gasteiger partial charge on any atom is 0.266 e. The van der Waals surface area contributed by atoms with Crippen molar-refractivity contribution in [2.24, 2.45) is 0 Å². The van der Waals surface area contributed by atoms with Crippen LogP contribution in [0.1, 0.15) is 31.1 Å². The molecule has 0 atom stereocenters. The lowest BCUT2D eigenvalue weighted by Gasteiger charge is -2.19. The number of fused-ring (bicyclic) bond motifs is 1. The van der Waals surface area contributed by atoms with E-state index >= 15 is 0 Å². The van der Waals surface area contributed by atoms with E-state index in [0.717, 1.165) is 4.90 Å². The maximum absolute atomic E-state index is 13.0. The molecule has 6 heteroatoms. The standard InChI is InChI=1S/C19H15ClN2O3/c1-21(2)11-16(17(23)12-6-5-7-13(20)10-12)22-18(24)14-8-3-4-9-15(14)19(22)25/h3-11H,1-2H3/b16-11+. The van der Waals surface area contributed by atoms with Gasteiger partial charge in [-0.25, -0.2) is 4.90 Å². The number of allylic oxidation sites excluding steroid dienone is 1. The van der Waals surface area contributed by atoms with Crippen LogP contribution in [-0.2, 0) is 0 Å². The van der Waals surface area contributed by atoms with Gasteiger partial charge in [-0.15, -0.1) is 0 Å². The number of rotatable bonds is 4. The van der Waals surface area contributed by atoms with E-state index in [2.05, 4.69) is 0 Å². The third kappa shape index (κ3) is 3.06. The lowest BCUT2D eigenvalue weighted by atomic mass is 10.1. The number of hydrogen-bond donors (Lipinski definition) is 0. The number of carbonyl (C=O) groups excluding carboxylic acids is 3. The predicted octanol–water partition coefficient (Wildman–Crippen LogP) is 3.22. The largest absolute Gasteiger partial charge is 0.382 e. The molecule has 0 N–H and O–H groups in total. The third-order valence-corrected chi connectivity index (χ3v) is 3.97. The van der Waals surface area contributed by atoms with Gasteiger partial charge in [0.25, 0.3) is 11.8 Å². The van der Waals surface area contributed by atoms with Gasteiger partial charge in [-0.3, -0.25) is 14.4 Å². The molecule has 3 rings (SSSR count). The summed E-state index contributed by atoms with van der Waals surface area (Å²) in [6.07, 6.45) is 1.46. The van der Waals surface area contributed by atoms with Gasteiger partial charge in [0.05, 0.1) is 11.1 Å². The molecule has 1 aliphatic rings. The Kier molecular flexibility index (Phi) is 4.42. The highest BCUT2D eigenvalue weighted by molar-refractivity contribution is 6.31. The van der Waals surface area contributed by atoms with E-state index in [1.807, 2.05) is 0 Å². The average Bonchev–Trinajstić information content (AvgIpc) is 2.84. The van der Waals surface area contributed by atoms with Crippen molar-refractivity contribution >= 4 is 29.2 Å². The normalized spacial score (nSPS) is 13.9. The van der Waals surface area contributed by atoms with Crippen molar-refractivity contribution in [3.63, 3.8) is 0 Å². The van der Waals surface area contributed by atoms with E-state index in [1.54, 1.807) is 61.5 Å². The highest BCUT2D eigenvalue weighted by Crippen LogP contribution is 2.28. The smallest absolute Gasteiger partial charge is 0.266 e. The van der Waals surface area contributed by atoms with Crippen molar-refractivity contribution in [3.05, 3.63) is 82.1 Å². The van der Waals surface area contributed by atoms with E-state index in [1.165, 1.54) is 12.3 Å². The maximum atomic E-state index is 13.0. The van der Waals surface area contributed by atoms with Gasteiger partial charge in [0.2, 0.25) is 5.78 Å².